The predicted molar refractivity (Wildman–Crippen MR) is 73.9 cm³/mol. The number of hydrogen-bond donors (Lipinski definition) is 2. The van der Waals surface area contributed by atoms with Crippen LogP contribution in [0.5, 0.6) is 0 Å². The summed E-state index contributed by atoms with van der Waals surface area (Å²) < 4.78 is 37.3. The van der Waals surface area contributed by atoms with E-state index in [1.807, 2.05) is 6.92 Å². The molecular weight excluding hydrogens is 283 g/mol. The Hall–Kier alpha value is -1.76. The van der Waals surface area contributed by atoms with Gasteiger partial charge in [-0.3, -0.25) is 0 Å². The van der Waals surface area contributed by atoms with Crippen molar-refractivity contribution in [2.75, 3.05) is 18.4 Å². The van der Waals surface area contributed by atoms with Gasteiger partial charge in [-0.1, -0.05) is 13.3 Å². The number of alkyl halides is 3. The Labute approximate surface area is 121 Å². The number of urea groups is 1. The van der Waals surface area contributed by atoms with Crippen LogP contribution in [0.4, 0.5) is 23.7 Å². The van der Waals surface area contributed by atoms with Gasteiger partial charge < -0.3 is 16.0 Å². The summed E-state index contributed by atoms with van der Waals surface area (Å²) in [6, 6.07) is 4.02. The molecule has 1 heterocycles. The van der Waals surface area contributed by atoms with E-state index >= 15 is 0 Å². The molecule has 1 fully saturated rings. The summed E-state index contributed by atoms with van der Waals surface area (Å²) in [5.41, 5.74) is 5.32. The summed E-state index contributed by atoms with van der Waals surface area (Å²) in [6.07, 6.45) is -2.58. The SMILES string of the molecule is CCCC1(N)CN(C(=O)Nc2ccc(C(F)(F)F)cc2)C1. The van der Waals surface area contributed by atoms with Crippen LogP contribution in [0.2, 0.25) is 0 Å². The molecule has 116 valence electrons. The molecule has 1 aromatic carbocycles. The largest absolute Gasteiger partial charge is 0.416 e. The quantitative estimate of drug-likeness (QED) is 0.901. The zero-order valence-electron chi connectivity index (χ0n) is 11.7. The van der Waals surface area contributed by atoms with Crippen LogP contribution < -0.4 is 11.1 Å². The molecule has 21 heavy (non-hydrogen) atoms. The highest BCUT2D eigenvalue weighted by molar-refractivity contribution is 5.90. The molecule has 1 aliphatic heterocycles. The first-order valence-electron chi connectivity index (χ1n) is 6.75. The number of hydrogen-bond acceptors (Lipinski definition) is 2. The number of halogens is 3. The smallest absolute Gasteiger partial charge is 0.322 e. The fourth-order valence-corrected chi connectivity index (χ4v) is 2.46. The molecule has 2 rings (SSSR count). The second-order valence-electron chi connectivity index (χ2n) is 5.47. The minimum absolute atomic E-state index is 0.327. The van der Waals surface area contributed by atoms with E-state index in [2.05, 4.69) is 5.32 Å². The molecule has 0 bridgehead atoms. The number of carbonyl (C=O) groups is 1. The standard InChI is InChI=1S/C14H18F3N3O/c1-2-7-13(18)8-20(9-13)12(21)19-11-5-3-10(4-6-11)14(15,16)17/h3-6H,2,7-9,18H2,1H3,(H,19,21). The van der Waals surface area contributed by atoms with Crippen LogP contribution in [0, 0.1) is 0 Å². The molecule has 0 atom stereocenters. The van der Waals surface area contributed by atoms with Crippen LogP contribution in [0.15, 0.2) is 24.3 Å². The summed E-state index contributed by atoms with van der Waals surface area (Å²) in [5, 5.41) is 2.57. The van der Waals surface area contributed by atoms with Crippen molar-refractivity contribution in [2.45, 2.75) is 31.5 Å². The molecule has 0 saturated carbocycles. The Bertz CT molecular complexity index is 507. The van der Waals surface area contributed by atoms with Crippen molar-refractivity contribution in [1.82, 2.24) is 4.90 Å². The first kappa shape index (κ1) is 15.6. The van der Waals surface area contributed by atoms with Crippen molar-refractivity contribution in [3.63, 3.8) is 0 Å². The number of amides is 2. The zero-order valence-corrected chi connectivity index (χ0v) is 11.7. The van der Waals surface area contributed by atoms with E-state index in [1.54, 1.807) is 4.90 Å². The second-order valence-corrected chi connectivity index (χ2v) is 5.47. The fraction of sp³-hybridized carbons (Fsp3) is 0.500. The molecule has 4 nitrogen and oxygen atoms in total. The molecule has 0 aromatic heterocycles. The second kappa shape index (κ2) is 5.55. The summed E-state index contributed by atoms with van der Waals surface area (Å²) in [4.78, 5) is 13.5. The molecule has 0 spiro atoms. The van der Waals surface area contributed by atoms with E-state index in [0.29, 0.717) is 18.8 Å². The summed E-state index contributed by atoms with van der Waals surface area (Å²) in [7, 11) is 0. The molecule has 0 radical (unpaired) electrons. The lowest BCUT2D eigenvalue weighted by Gasteiger charge is -2.47. The summed E-state index contributed by atoms with van der Waals surface area (Å²) in [6.45, 7) is 2.96. The van der Waals surface area contributed by atoms with Crippen LogP contribution >= 0.6 is 0 Å². The molecule has 0 unspecified atom stereocenters. The van der Waals surface area contributed by atoms with Crippen LogP contribution in [0.3, 0.4) is 0 Å². The van der Waals surface area contributed by atoms with Gasteiger partial charge in [-0.15, -0.1) is 0 Å². The summed E-state index contributed by atoms with van der Waals surface area (Å²) in [5.74, 6) is 0. The van der Waals surface area contributed by atoms with Gasteiger partial charge in [0.25, 0.3) is 0 Å². The highest BCUT2D eigenvalue weighted by atomic mass is 19.4. The molecule has 0 aliphatic carbocycles. The minimum Gasteiger partial charge on any atom is -0.322 e. The minimum atomic E-state index is -4.38. The van der Waals surface area contributed by atoms with E-state index < -0.39 is 11.7 Å². The Morgan fingerprint density at radius 1 is 1.33 bits per heavy atom. The van der Waals surface area contributed by atoms with E-state index in [0.717, 1.165) is 25.0 Å². The third-order valence-electron chi connectivity index (χ3n) is 3.51. The first-order chi connectivity index (χ1) is 9.73. The maximum absolute atomic E-state index is 12.4. The fourth-order valence-electron chi connectivity index (χ4n) is 2.46. The van der Waals surface area contributed by atoms with Gasteiger partial charge in [0, 0.05) is 18.8 Å². The number of rotatable bonds is 3. The van der Waals surface area contributed by atoms with Crippen molar-refractivity contribution in [1.29, 1.82) is 0 Å². The zero-order chi connectivity index (χ0) is 15.7. The molecular formula is C14H18F3N3O. The lowest BCUT2D eigenvalue weighted by Crippen LogP contribution is -2.69. The van der Waals surface area contributed by atoms with Crippen LogP contribution in [-0.2, 0) is 6.18 Å². The number of benzene rings is 1. The third-order valence-corrected chi connectivity index (χ3v) is 3.51. The lowest BCUT2D eigenvalue weighted by atomic mass is 9.87. The number of nitrogens with two attached hydrogens (primary N) is 1. The molecule has 1 aliphatic rings. The Morgan fingerprint density at radius 2 is 1.90 bits per heavy atom. The van der Waals surface area contributed by atoms with E-state index in [4.69, 9.17) is 5.73 Å². The maximum atomic E-state index is 12.4. The number of likely N-dealkylation sites (tertiary alicyclic amines) is 1. The van der Waals surface area contributed by atoms with Gasteiger partial charge in [-0.2, -0.15) is 13.2 Å². The molecule has 1 aromatic rings. The molecule has 7 heteroatoms. The van der Waals surface area contributed by atoms with Gasteiger partial charge in [0.2, 0.25) is 0 Å². The predicted octanol–water partition coefficient (Wildman–Crippen LogP) is 3.05. The van der Waals surface area contributed by atoms with Gasteiger partial charge in [0.1, 0.15) is 0 Å². The average molecular weight is 301 g/mol. The molecule has 2 amide bonds. The third kappa shape index (κ3) is 3.66. The molecule has 3 N–H and O–H groups in total. The van der Waals surface area contributed by atoms with Crippen LogP contribution in [-0.4, -0.2) is 29.6 Å². The normalized spacial score (nSPS) is 17.3. The maximum Gasteiger partial charge on any atom is 0.416 e. The Morgan fingerprint density at radius 3 is 2.38 bits per heavy atom. The van der Waals surface area contributed by atoms with Gasteiger partial charge in [0.05, 0.1) is 11.1 Å². The van der Waals surface area contributed by atoms with Crippen molar-refractivity contribution < 1.29 is 18.0 Å². The Kier molecular flexibility index (Phi) is 4.13. The average Bonchev–Trinajstić information content (AvgIpc) is 2.35. The first-order valence-corrected chi connectivity index (χ1v) is 6.75. The van der Waals surface area contributed by atoms with Gasteiger partial charge in [-0.25, -0.2) is 4.79 Å². The van der Waals surface area contributed by atoms with Gasteiger partial charge >= 0.3 is 12.2 Å². The van der Waals surface area contributed by atoms with E-state index in [-0.39, 0.29) is 11.6 Å². The highest BCUT2D eigenvalue weighted by Gasteiger charge is 2.41. The number of carbonyl (C=O) groups excluding carboxylic acids is 1. The van der Waals surface area contributed by atoms with Crippen molar-refractivity contribution in [2.24, 2.45) is 5.73 Å². The van der Waals surface area contributed by atoms with Crippen molar-refractivity contribution >= 4 is 11.7 Å². The van der Waals surface area contributed by atoms with E-state index in [1.165, 1.54) is 12.1 Å². The Balaban J connectivity index is 1.90. The highest BCUT2D eigenvalue weighted by Crippen LogP contribution is 2.30. The number of nitrogens with zero attached hydrogens (tertiary/aromatic N) is 1. The van der Waals surface area contributed by atoms with Crippen molar-refractivity contribution in [3.8, 4) is 0 Å². The van der Waals surface area contributed by atoms with Crippen LogP contribution in [0.25, 0.3) is 0 Å². The van der Waals surface area contributed by atoms with Gasteiger partial charge in [-0.05, 0) is 30.7 Å². The van der Waals surface area contributed by atoms with Gasteiger partial charge in [0.15, 0.2) is 0 Å². The monoisotopic (exact) mass is 301 g/mol. The summed E-state index contributed by atoms with van der Waals surface area (Å²) >= 11 is 0. The number of anilines is 1. The lowest BCUT2D eigenvalue weighted by molar-refractivity contribution is -0.137. The van der Waals surface area contributed by atoms with Crippen molar-refractivity contribution in [3.05, 3.63) is 29.8 Å². The molecule has 1 saturated heterocycles. The van der Waals surface area contributed by atoms with E-state index in [9.17, 15) is 18.0 Å². The van der Waals surface area contributed by atoms with Crippen LogP contribution in [0.1, 0.15) is 25.3 Å². The topological polar surface area (TPSA) is 58.4 Å². The number of nitrogens with one attached hydrogen (secondary N) is 1.